The molecule has 0 N–H and O–H groups in total. The first-order valence-electron chi connectivity index (χ1n) is 5.33. The Morgan fingerprint density at radius 1 is 1.26 bits per heavy atom. The fourth-order valence-electron chi connectivity index (χ4n) is 1.46. The average molecular weight is 269 g/mol. The molecular formula is C12H10F3N3O. The van der Waals surface area contributed by atoms with Crippen molar-refractivity contribution in [1.29, 1.82) is 0 Å². The molecule has 0 fully saturated rings. The lowest BCUT2D eigenvalue weighted by Gasteiger charge is -2.10. The number of aromatic nitrogens is 2. The Balaban J connectivity index is 2.25. The fraction of sp³-hybridized carbons (Fsp3) is 0.167. The minimum absolute atomic E-state index is 0.101. The summed E-state index contributed by atoms with van der Waals surface area (Å²) in [6, 6.07) is 3.94. The van der Waals surface area contributed by atoms with Crippen molar-refractivity contribution in [3.63, 3.8) is 0 Å². The van der Waals surface area contributed by atoms with Crippen LogP contribution in [0.3, 0.4) is 0 Å². The van der Waals surface area contributed by atoms with Crippen molar-refractivity contribution in [1.82, 2.24) is 4.68 Å². The lowest BCUT2D eigenvalue weighted by molar-refractivity contribution is -0.671. The summed E-state index contributed by atoms with van der Waals surface area (Å²) in [5.41, 5.74) is -0.694. The normalized spacial score (nSPS) is 12.7. The first kappa shape index (κ1) is 13.1. The van der Waals surface area contributed by atoms with Gasteiger partial charge in [-0.15, -0.1) is 4.68 Å². The predicted molar refractivity (Wildman–Crippen MR) is 59.0 cm³/mol. The number of alkyl halides is 3. The zero-order chi connectivity index (χ0) is 14.0. The second kappa shape index (κ2) is 4.75. The fourth-order valence-corrected chi connectivity index (χ4v) is 1.46. The lowest BCUT2D eigenvalue weighted by atomic mass is 10.1. The Labute approximate surface area is 107 Å². The number of halogens is 3. The standard InChI is InChI=1S/C12H10F3N3O/c1-17-6-7-18(8-17)16-11(19)9-2-4-10(5-3-9)12(13,14)15/h2-8H,1H3. The SMILES string of the molecule is C[n+]1ccn(/N=C(\[O-])c2ccc(C(F)(F)F)cc2)c1. The molecule has 0 aliphatic carbocycles. The maximum atomic E-state index is 12.4. The Bertz CT molecular complexity index is 599. The molecule has 1 aromatic carbocycles. The van der Waals surface area contributed by atoms with Crippen molar-refractivity contribution in [2.45, 2.75) is 6.18 Å². The lowest BCUT2D eigenvalue weighted by Crippen LogP contribution is -2.24. The minimum atomic E-state index is -4.41. The van der Waals surface area contributed by atoms with E-state index in [2.05, 4.69) is 5.10 Å². The van der Waals surface area contributed by atoms with Gasteiger partial charge in [0.15, 0.2) is 6.20 Å². The van der Waals surface area contributed by atoms with Gasteiger partial charge in [-0.1, -0.05) is 17.2 Å². The molecule has 2 aromatic rings. The molecule has 0 aliphatic heterocycles. The van der Waals surface area contributed by atoms with E-state index in [1.54, 1.807) is 30.3 Å². The van der Waals surface area contributed by atoms with Crippen molar-refractivity contribution in [3.8, 4) is 0 Å². The molecule has 0 spiro atoms. The van der Waals surface area contributed by atoms with Gasteiger partial charge < -0.3 is 5.11 Å². The summed E-state index contributed by atoms with van der Waals surface area (Å²) in [6.45, 7) is 0. The number of benzene rings is 1. The second-order valence-electron chi connectivity index (χ2n) is 3.94. The van der Waals surface area contributed by atoms with E-state index in [0.717, 1.165) is 24.3 Å². The molecule has 0 saturated heterocycles. The summed E-state index contributed by atoms with van der Waals surface area (Å²) in [4.78, 5) is 0. The molecular weight excluding hydrogens is 259 g/mol. The van der Waals surface area contributed by atoms with Gasteiger partial charge in [-0.2, -0.15) is 13.2 Å². The molecule has 4 nitrogen and oxygen atoms in total. The maximum absolute atomic E-state index is 12.4. The quantitative estimate of drug-likeness (QED) is 0.454. The van der Waals surface area contributed by atoms with Crippen LogP contribution in [-0.4, -0.2) is 10.6 Å². The number of hydrogen-bond acceptors (Lipinski definition) is 2. The summed E-state index contributed by atoms with van der Waals surface area (Å²) < 4.78 is 40.0. The number of hydrogen-bond donors (Lipinski definition) is 0. The Morgan fingerprint density at radius 3 is 2.37 bits per heavy atom. The molecule has 100 valence electrons. The van der Waals surface area contributed by atoms with Gasteiger partial charge in [-0.25, -0.2) is 4.57 Å². The third-order valence-electron chi connectivity index (χ3n) is 2.42. The van der Waals surface area contributed by atoms with Crippen LogP contribution in [0, 0.1) is 0 Å². The van der Waals surface area contributed by atoms with Crippen molar-refractivity contribution in [2.75, 3.05) is 0 Å². The molecule has 7 heteroatoms. The molecule has 1 heterocycles. The van der Waals surface area contributed by atoms with E-state index < -0.39 is 17.6 Å². The van der Waals surface area contributed by atoms with E-state index in [-0.39, 0.29) is 5.56 Å². The molecule has 2 rings (SSSR count). The van der Waals surface area contributed by atoms with Crippen LogP contribution in [-0.2, 0) is 13.2 Å². The summed E-state index contributed by atoms with van der Waals surface area (Å²) in [5.74, 6) is -0.607. The van der Waals surface area contributed by atoms with E-state index in [4.69, 9.17) is 0 Å². The van der Waals surface area contributed by atoms with E-state index >= 15 is 0 Å². The van der Waals surface area contributed by atoms with Crippen LogP contribution >= 0.6 is 0 Å². The van der Waals surface area contributed by atoms with Crippen molar-refractivity contribution >= 4 is 5.90 Å². The van der Waals surface area contributed by atoms with Gasteiger partial charge >= 0.3 is 6.18 Å². The van der Waals surface area contributed by atoms with E-state index in [9.17, 15) is 18.3 Å². The Kier molecular flexibility index (Phi) is 3.28. The maximum Gasteiger partial charge on any atom is 0.416 e. The van der Waals surface area contributed by atoms with Crippen molar-refractivity contribution in [2.24, 2.45) is 12.1 Å². The number of aryl methyl sites for hydroxylation is 1. The van der Waals surface area contributed by atoms with Gasteiger partial charge in [-0.05, 0) is 17.7 Å². The number of nitrogens with zero attached hydrogens (tertiary/aromatic N) is 3. The molecule has 0 atom stereocenters. The van der Waals surface area contributed by atoms with Crippen molar-refractivity contribution < 1.29 is 22.8 Å². The van der Waals surface area contributed by atoms with Crippen LogP contribution in [0.5, 0.6) is 0 Å². The van der Waals surface area contributed by atoms with E-state index in [1.807, 2.05) is 0 Å². The topological polar surface area (TPSA) is 44.2 Å². The highest BCUT2D eigenvalue weighted by molar-refractivity contribution is 5.90. The average Bonchev–Trinajstić information content (AvgIpc) is 2.74. The van der Waals surface area contributed by atoms with Gasteiger partial charge in [0.2, 0.25) is 0 Å². The number of rotatable bonds is 2. The Hall–Kier alpha value is -2.31. The summed E-state index contributed by atoms with van der Waals surface area (Å²) in [6.07, 6.45) is 0.389. The second-order valence-corrected chi connectivity index (χ2v) is 3.94. The number of imidazole rings is 1. The molecule has 19 heavy (non-hydrogen) atoms. The minimum Gasteiger partial charge on any atom is -0.856 e. The molecule has 0 amide bonds. The van der Waals surface area contributed by atoms with Crippen molar-refractivity contribution in [3.05, 3.63) is 54.1 Å². The van der Waals surface area contributed by atoms with Gasteiger partial charge in [-0.3, -0.25) is 0 Å². The van der Waals surface area contributed by atoms with Crippen LogP contribution in [0.1, 0.15) is 11.1 Å². The van der Waals surface area contributed by atoms with Crippen LogP contribution in [0.15, 0.2) is 48.1 Å². The Morgan fingerprint density at radius 2 is 1.89 bits per heavy atom. The third-order valence-corrected chi connectivity index (χ3v) is 2.42. The van der Waals surface area contributed by atoms with Gasteiger partial charge in [0, 0.05) is 5.90 Å². The molecule has 0 bridgehead atoms. The van der Waals surface area contributed by atoms with Gasteiger partial charge in [0.1, 0.15) is 6.20 Å². The molecule has 0 saturated carbocycles. The molecule has 0 aliphatic rings. The first-order valence-corrected chi connectivity index (χ1v) is 5.33. The van der Waals surface area contributed by atoms with E-state index in [0.29, 0.717) is 0 Å². The van der Waals surface area contributed by atoms with Crippen LogP contribution < -0.4 is 9.67 Å². The van der Waals surface area contributed by atoms with Crippen LogP contribution in [0.2, 0.25) is 0 Å². The van der Waals surface area contributed by atoms with Crippen LogP contribution in [0.4, 0.5) is 13.2 Å². The zero-order valence-electron chi connectivity index (χ0n) is 9.93. The highest BCUT2D eigenvalue weighted by atomic mass is 19.4. The first-order chi connectivity index (χ1) is 8.86. The summed E-state index contributed by atoms with van der Waals surface area (Å²) >= 11 is 0. The van der Waals surface area contributed by atoms with Gasteiger partial charge in [0.05, 0.1) is 12.6 Å². The van der Waals surface area contributed by atoms with Crippen LogP contribution in [0.25, 0.3) is 0 Å². The van der Waals surface area contributed by atoms with E-state index in [1.165, 1.54) is 4.68 Å². The third kappa shape index (κ3) is 3.12. The highest BCUT2D eigenvalue weighted by Crippen LogP contribution is 2.28. The monoisotopic (exact) mass is 269 g/mol. The molecule has 0 radical (unpaired) electrons. The smallest absolute Gasteiger partial charge is 0.416 e. The summed E-state index contributed by atoms with van der Waals surface area (Å²) in [5, 5.41) is 15.4. The molecule has 0 unspecified atom stereocenters. The predicted octanol–water partition coefficient (Wildman–Crippen LogP) is 0.902. The molecule has 1 aromatic heterocycles. The highest BCUT2D eigenvalue weighted by Gasteiger charge is 2.29. The largest absolute Gasteiger partial charge is 0.856 e. The summed E-state index contributed by atoms with van der Waals surface area (Å²) in [7, 11) is 1.76. The van der Waals surface area contributed by atoms with Gasteiger partial charge in [0.25, 0.3) is 6.33 Å². The zero-order valence-corrected chi connectivity index (χ0v) is 9.93.